The van der Waals surface area contributed by atoms with E-state index in [0.717, 1.165) is 24.2 Å². The largest absolute Gasteiger partial charge is 0.385 e. The summed E-state index contributed by atoms with van der Waals surface area (Å²) in [6.07, 6.45) is 3.37. The Kier molecular flexibility index (Phi) is 4.28. The Morgan fingerprint density at radius 2 is 2.29 bits per heavy atom. The van der Waals surface area contributed by atoms with Crippen molar-refractivity contribution >= 4 is 5.82 Å². The lowest BCUT2D eigenvalue weighted by Gasteiger charge is -2.04. The molecule has 0 aliphatic rings. The number of nitrogen functional groups attached to an aromatic ring is 1. The zero-order valence-corrected chi connectivity index (χ0v) is 8.36. The van der Waals surface area contributed by atoms with E-state index in [9.17, 15) is 0 Å². The molecule has 1 aromatic rings. The molecule has 0 aliphatic heterocycles. The molecule has 78 valence electrons. The molecule has 0 saturated heterocycles. The maximum atomic E-state index is 5.67. The fourth-order valence-corrected chi connectivity index (χ4v) is 1.11. The molecule has 5 heteroatoms. The summed E-state index contributed by atoms with van der Waals surface area (Å²) in [6.45, 7) is 1.09. The zero-order valence-electron chi connectivity index (χ0n) is 8.36. The van der Waals surface area contributed by atoms with E-state index in [1.807, 2.05) is 0 Å². The summed E-state index contributed by atoms with van der Waals surface area (Å²) in [5.41, 5.74) is 11.9. The van der Waals surface area contributed by atoms with E-state index in [4.69, 9.17) is 16.2 Å². The van der Waals surface area contributed by atoms with Crippen LogP contribution >= 0.6 is 0 Å². The number of ether oxygens (including phenoxy) is 1. The minimum Gasteiger partial charge on any atom is -0.385 e. The maximum absolute atomic E-state index is 5.67. The highest BCUT2D eigenvalue weighted by Gasteiger charge is 2.02. The third-order valence-corrected chi connectivity index (χ3v) is 1.92. The molecule has 1 aromatic heterocycles. The van der Waals surface area contributed by atoms with Gasteiger partial charge in [-0.1, -0.05) is 0 Å². The third-order valence-electron chi connectivity index (χ3n) is 1.92. The number of aromatic nitrogens is 2. The molecule has 0 unspecified atom stereocenters. The lowest BCUT2D eigenvalue weighted by molar-refractivity contribution is 0.194. The standard InChI is InChI=1S/C9H16N4O/c1-14-4-2-3-8-12-6-7(5-10)9(11)13-8/h6H,2-5,10H2,1H3,(H2,11,12,13). The van der Waals surface area contributed by atoms with Crippen LogP contribution in [-0.2, 0) is 17.7 Å². The van der Waals surface area contributed by atoms with Crippen molar-refractivity contribution in [2.45, 2.75) is 19.4 Å². The molecule has 14 heavy (non-hydrogen) atoms. The minimum absolute atomic E-state index is 0.379. The predicted octanol–water partition coefficient (Wildman–Crippen LogP) is 0.0965. The number of methoxy groups -OCH3 is 1. The topological polar surface area (TPSA) is 87.0 Å². The quantitative estimate of drug-likeness (QED) is 0.652. The third kappa shape index (κ3) is 2.93. The van der Waals surface area contributed by atoms with Gasteiger partial charge in [0.15, 0.2) is 0 Å². The average Bonchev–Trinajstić information content (AvgIpc) is 2.18. The first-order valence-corrected chi connectivity index (χ1v) is 4.57. The van der Waals surface area contributed by atoms with E-state index in [-0.39, 0.29) is 0 Å². The van der Waals surface area contributed by atoms with Crippen molar-refractivity contribution in [1.29, 1.82) is 0 Å². The van der Waals surface area contributed by atoms with Crippen LogP contribution in [0.3, 0.4) is 0 Å². The number of hydrogen-bond donors (Lipinski definition) is 2. The van der Waals surface area contributed by atoms with E-state index >= 15 is 0 Å². The molecular weight excluding hydrogens is 180 g/mol. The van der Waals surface area contributed by atoms with Crippen molar-refractivity contribution in [3.63, 3.8) is 0 Å². The molecule has 0 radical (unpaired) electrons. The average molecular weight is 196 g/mol. The van der Waals surface area contributed by atoms with E-state index in [1.165, 1.54) is 0 Å². The molecule has 0 amide bonds. The minimum atomic E-state index is 0.379. The van der Waals surface area contributed by atoms with Gasteiger partial charge in [0.25, 0.3) is 0 Å². The second-order valence-electron chi connectivity index (χ2n) is 3.00. The van der Waals surface area contributed by atoms with Gasteiger partial charge < -0.3 is 16.2 Å². The van der Waals surface area contributed by atoms with Gasteiger partial charge in [-0.3, -0.25) is 0 Å². The molecule has 0 aromatic carbocycles. The molecule has 0 bridgehead atoms. The number of hydrogen-bond acceptors (Lipinski definition) is 5. The van der Waals surface area contributed by atoms with Gasteiger partial charge in [0.1, 0.15) is 11.6 Å². The summed E-state index contributed by atoms with van der Waals surface area (Å²) in [5, 5.41) is 0. The van der Waals surface area contributed by atoms with E-state index in [1.54, 1.807) is 13.3 Å². The first-order valence-electron chi connectivity index (χ1n) is 4.57. The number of rotatable bonds is 5. The summed E-state index contributed by atoms with van der Waals surface area (Å²) in [4.78, 5) is 8.30. The van der Waals surface area contributed by atoms with Crippen molar-refractivity contribution in [1.82, 2.24) is 9.97 Å². The van der Waals surface area contributed by atoms with Gasteiger partial charge in [-0.2, -0.15) is 0 Å². The summed E-state index contributed by atoms with van der Waals surface area (Å²) in [5.74, 6) is 1.23. The summed E-state index contributed by atoms with van der Waals surface area (Å²) in [6, 6.07) is 0. The van der Waals surface area contributed by atoms with Gasteiger partial charge >= 0.3 is 0 Å². The molecule has 0 aliphatic carbocycles. The Morgan fingerprint density at radius 3 is 2.86 bits per heavy atom. The second-order valence-corrected chi connectivity index (χ2v) is 3.00. The van der Waals surface area contributed by atoms with Crippen molar-refractivity contribution < 1.29 is 4.74 Å². The van der Waals surface area contributed by atoms with Crippen LogP contribution in [0.4, 0.5) is 5.82 Å². The van der Waals surface area contributed by atoms with Crippen LogP contribution in [0.15, 0.2) is 6.20 Å². The van der Waals surface area contributed by atoms with Gasteiger partial charge in [0.2, 0.25) is 0 Å². The molecular formula is C9H16N4O. The van der Waals surface area contributed by atoms with Crippen LogP contribution in [0.25, 0.3) is 0 Å². The van der Waals surface area contributed by atoms with Crippen LogP contribution in [0.1, 0.15) is 17.8 Å². The fourth-order valence-electron chi connectivity index (χ4n) is 1.11. The Bertz CT molecular complexity index is 290. The van der Waals surface area contributed by atoms with E-state index < -0.39 is 0 Å². The summed E-state index contributed by atoms with van der Waals surface area (Å²) >= 11 is 0. The van der Waals surface area contributed by atoms with Gasteiger partial charge in [-0.15, -0.1) is 0 Å². The highest BCUT2D eigenvalue weighted by molar-refractivity contribution is 5.37. The summed E-state index contributed by atoms with van der Waals surface area (Å²) in [7, 11) is 1.67. The number of nitrogens with two attached hydrogens (primary N) is 2. The van der Waals surface area contributed by atoms with Crippen LogP contribution in [-0.4, -0.2) is 23.7 Å². The zero-order chi connectivity index (χ0) is 10.4. The molecule has 1 rings (SSSR count). The van der Waals surface area contributed by atoms with E-state index in [2.05, 4.69) is 9.97 Å². The van der Waals surface area contributed by atoms with Crippen molar-refractivity contribution in [2.75, 3.05) is 19.5 Å². The summed E-state index contributed by atoms with van der Waals surface area (Å²) < 4.78 is 4.93. The van der Waals surface area contributed by atoms with E-state index in [0.29, 0.717) is 19.0 Å². The molecule has 4 N–H and O–H groups in total. The highest BCUT2D eigenvalue weighted by Crippen LogP contribution is 2.07. The SMILES string of the molecule is COCCCc1ncc(CN)c(N)n1. The van der Waals surface area contributed by atoms with Gasteiger partial charge in [-0.25, -0.2) is 9.97 Å². The van der Waals surface area contributed by atoms with Crippen molar-refractivity contribution in [2.24, 2.45) is 5.73 Å². The van der Waals surface area contributed by atoms with Crippen LogP contribution in [0, 0.1) is 0 Å². The molecule has 0 fully saturated rings. The number of aryl methyl sites for hydroxylation is 1. The van der Waals surface area contributed by atoms with Crippen molar-refractivity contribution in [3.8, 4) is 0 Å². The molecule has 0 spiro atoms. The molecule has 0 atom stereocenters. The Labute approximate surface area is 83.5 Å². The second kappa shape index (κ2) is 5.51. The Hall–Kier alpha value is -1.20. The van der Waals surface area contributed by atoms with Crippen LogP contribution in [0.5, 0.6) is 0 Å². The normalized spacial score (nSPS) is 10.4. The monoisotopic (exact) mass is 196 g/mol. The first kappa shape index (κ1) is 10.9. The van der Waals surface area contributed by atoms with Gasteiger partial charge in [0.05, 0.1) is 0 Å². The van der Waals surface area contributed by atoms with Crippen molar-refractivity contribution in [3.05, 3.63) is 17.6 Å². The van der Waals surface area contributed by atoms with Crippen LogP contribution in [0.2, 0.25) is 0 Å². The number of nitrogens with zero attached hydrogens (tertiary/aromatic N) is 2. The molecule has 5 nitrogen and oxygen atoms in total. The Balaban J connectivity index is 2.57. The smallest absolute Gasteiger partial charge is 0.131 e. The van der Waals surface area contributed by atoms with Crippen LogP contribution < -0.4 is 11.5 Å². The first-order chi connectivity index (χ1) is 6.77. The maximum Gasteiger partial charge on any atom is 0.131 e. The predicted molar refractivity (Wildman–Crippen MR) is 54.5 cm³/mol. The Morgan fingerprint density at radius 1 is 1.50 bits per heavy atom. The van der Waals surface area contributed by atoms with Gasteiger partial charge in [-0.05, 0) is 6.42 Å². The highest BCUT2D eigenvalue weighted by atomic mass is 16.5. The number of anilines is 1. The fraction of sp³-hybridized carbons (Fsp3) is 0.556. The van der Waals surface area contributed by atoms with Gasteiger partial charge in [0, 0.05) is 38.4 Å². The lowest BCUT2D eigenvalue weighted by Crippen LogP contribution is -2.08. The lowest BCUT2D eigenvalue weighted by atomic mass is 10.2. The molecule has 1 heterocycles. The molecule has 0 saturated carbocycles.